The molecule has 3 nitrogen and oxygen atoms in total. The first-order chi connectivity index (χ1) is 10.9. The highest BCUT2D eigenvalue weighted by molar-refractivity contribution is 5.97. The van der Waals surface area contributed by atoms with Crippen molar-refractivity contribution < 1.29 is 14.3 Å². The molecule has 0 N–H and O–H groups in total. The van der Waals surface area contributed by atoms with Gasteiger partial charge in [0.2, 0.25) is 0 Å². The Bertz CT molecular complexity index is 842. The van der Waals surface area contributed by atoms with Gasteiger partial charge in [0.1, 0.15) is 5.75 Å². The average molecular weight is 306 g/mol. The molecule has 2 aromatic rings. The van der Waals surface area contributed by atoms with E-state index in [4.69, 9.17) is 9.47 Å². The predicted molar refractivity (Wildman–Crippen MR) is 88.6 cm³/mol. The van der Waals surface area contributed by atoms with Gasteiger partial charge in [0.25, 0.3) is 0 Å². The highest BCUT2D eigenvalue weighted by Crippen LogP contribution is 2.56. The summed E-state index contributed by atoms with van der Waals surface area (Å²) in [4.78, 5) is 12.6. The quantitative estimate of drug-likeness (QED) is 0.734. The van der Waals surface area contributed by atoms with Gasteiger partial charge in [-0.2, -0.15) is 0 Å². The van der Waals surface area contributed by atoms with Crippen LogP contribution in [0.4, 0.5) is 0 Å². The van der Waals surface area contributed by atoms with Crippen molar-refractivity contribution in [3.05, 3.63) is 65.2 Å². The summed E-state index contributed by atoms with van der Waals surface area (Å²) < 4.78 is 12.2. The molecule has 1 aliphatic carbocycles. The summed E-state index contributed by atoms with van der Waals surface area (Å²) in [6, 6.07) is 15.7. The largest absolute Gasteiger partial charge is 0.443 e. The molecule has 0 saturated carbocycles. The van der Waals surface area contributed by atoms with Crippen LogP contribution in [0.1, 0.15) is 37.5 Å². The summed E-state index contributed by atoms with van der Waals surface area (Å²) in [6.07, 6.45) is 2.05. The molecular weight excluding hydrogens is 288 g/mol. The summed E-state index contributed by atoms with van der Waals surface area (Å²) in [5.74, 6) is -0.701. The molecule has 23 heavy (non-hydrogen) atoms. The van der Waals surface area contributed by atoms with Crippen LogP contribution < -0.4 is 4.74 Å². The Balaban J connectivity index is 1.89. The smallest absolute Gasteiger partial charge is 0.315 e. The zero-order valence-electron chi connectivity index (χ0n) is 13.4. The number of benzene rings is 2. The van der Waals surface area contributed by atoms with Gasteiger partial charge in [0, 0.05) is 11.1 Å². The molecule has 0 amide bonds. The maximum Gasteiger partial charge on any atom is 0.315 e. The zero-order valence-corrected chi connectivity index (χ0v) is 13.4. The fraction of sp³-hybridized carbons (Fsp3) is 0.250. The van der Waals surface area contributed by atoms with Crippen molar-refractivity contribution in [2.75, 3.05) is 0 Å². The van der Waals surface area contributed by atoms with Crippen LogP contribution in [0.5, 0.6) is 5.75 Å². The van der Waals surface area contributed by atoms with E-state index in [1.54, 1.807) is 0 Å². The Hall–Kier alpha value is -2.55. The minimum Gasteiger partial charge on any atom is -0.443 e. The van der Waals surface area contributed by atoms with E-state index in [0.29, 0.717) is 0 Å². The maximum absolute atomic E-state index is 12.6. The van der Waals surface area contributed by atoms with Crippen molar-refractivity contribution in [1.29, 1.82) is 0 Å². The molecule has 1 heterocycles. The summed E-state index contributed by atoms with van der Waals surface area (Å²) in [6.45, 7) is 5.54. The first-order valence-corrected chi connectivity index (χ1v) is 7.75. The SMILES string of the molecule is CC(C)(C)C(=O)OC12Oc3ccccc3C1=Cc1ccccc12. The van der Waals surface area contributed by atoms with E-state index >= 15 is 0 Å². The van der Waals surface area contributed by atoms with Gasteiger partial charge in [-0.15, -0.1) is 0 Å². The first kappa shape index (κ1) is 14.1. The summed E-state index contributed by atoms with van der Waals surface area (Å²) >= 11 is 0. The second-order valence-corrected chi connectivity index (χ2v) is 7.00. The van der Waals surface area contributed by atoms with E-state index in [1.807, 2.05) is 69.3 Å². The Morgan fingerprint density at radius 3 is 2.52 bits per heavy atom. The van der Waals surface area contributed by atoms with E-state index in [0.717, 1.165) is 28.0 Å². The van der Waals surface area contributed by atoms with E-state index in [-0.39, 0.29) is 5.97 Å². The van der Waals surface area contributed by atoms with Crippen LogP contribution in [0.25, 0.3) is 11.6 Å². The molecule has 0 spiro atoms. The third-order valence-corrected chi connectivity index (χ3v) is 4.25. The molecule has 2 aromatic carbocycles. The van der Waals surface area contributed by atoms with Crippen LogP contribution in [0, 0.1) is 5.41 Å². The number of esters is 1. The van der Waals surface area contributed by atoms with Crippen LogP contribution >= 0.6 is 0 Å². The van der Waals surface area contributed by atoms with Gasteiger partial charge in [0.05, 0.1) is 11.0 Å². The van der Waals surface area contributed by atoms with Crippen LogP contribution in [-0.4, -0.2) is 5.97 Å². The monoisotopic (exact) mass is 306 g/mol. The topological polar surface area (TPSA) is 35.5 Å². The molecule has 1 unspecified atom stereocenters. The van der Waals surface area contributed by atoms with Gasteiger partial charge in [0.15, 0.2) is 0 Å². The molecule has 1 aliphatic heterocycles. The number of carbonyl (C=O) groups is 1. The molecule has 2 aliphatic rings. The highest BCUT2D eigenvalue weighted by Gasteiger charge is 2.54. The minimum absolute atomic E-state index is 0.284. The number of carbonyl (C=O) groups excluding carboxylic acids is 1. The van der Waals surface area contributed by atoms with Gasteiger partial charge < -0.3 is 9.47 Å². The first-order valence-electron chi connectivity index (χ1n) is 7.75. The number of hydrogen-bond acceptors (Lipinski definition) is 3. The lowest BCUT2D eigenvalue weighted by Gasteiger charge is -2.31. The molecule has 0 bridgehead atoms. The normalized spacial score (nSPS) is 20.9. The van der Waals surface area contributed by atoms with Crippen molar-refractivity contribution in [3.63, 3.8) is 0 Å². The lowest BCUT2D eigenvalue weighted by atomic mass is 9.95. The molecule has 116 valence electrons. The van der Waals surface area contributed by atoms with E-state index < -0.39 is 11.2 Å². The molecule has 3 heteroatoms. The second kappa shape index (κ2) is 4.48. The van der Waals surface area contributed by atoms with Crippen molar-refractivity contribution in [3.8, 4) is 5.75 Å². The molecule has 0 radical (unpaired) electrons. The van der Waals surface area contributed by atoms with Crippen LogP contribution in [-0.2, 0) is 15.3 Å². The van der Waals surface area contributed by atoms with Crippen molar-refractivity contribution >= 4 is 17.6 Å². The van der Waals surface area contributed by atoms with Crippen LogP contribution in [0.15, 0.2) is 48.5 Å². The van der Waals surface area contributed by atoms with Gasteiger partial charge in [-0.3, -0.25) is 4.79 Å². The van der Waals surface area contributed by atoms with E-state index in [2.05, 4.69) is 6.08 Å². The molecule has 4 rings (SSSR count). The Labute approximate surface area is 135 Å². The number of para-hydroxylation sites is 1. The number of fused-ring (bicyclic) bond motifs is 5. The van der Waals surface area contributed by atoms with E-state index in [1.165, 1.54) is 0 Å². The molecule has 0 aromatic heterocycles. The van der Waals surface area contributed by atoms with Crippen LogP contribution in [0.3, 0.4) is 0 Å². The van der Waals surface area contributed by atoms with Gasteiger partial charge in [-0.25, -0.2) is 0 Å². The van der Waals surface area contributed by atoms with Crippen molar-refractivity contribution in [2.45, 2.75) is 26.6 Å². The number of ether oxygens (including phenoxy) is 2. The maximum atomic E-state index is 12.6. The molecule has 1 atom stereocenters. The highest BCUT2D eigenvalue weighted by atomic mass is 16.7. The summed E-state index contributed by atoms with van der Waals surface area (Å²) in [5.41, 5.74) is 3.18. The standard InChI is InChI=1S/C20H18O3/c1-19(2,3)18(21)23-20-15-10-6-4-8-13(15)12-16(20)14-9-5-7-11-17(14)22-20/h4-12H,1-3H3. The Kier molecular flexibility index (Phi) is 2.74. The Morgan fingerprint density at radius 2 is 1.74 bits per heavy atom. The number of rotatable bonds is 1. The lowest BCUT2D eigenvalue weighted by Crippen LogP contribution is -2.38. The van der Waals surface area contributed by atoms with Crippen molar-refractivity contribution in [2.24, 2.45) is 5.41 Å². The van der Waals surface area contributed by atoms with Gasteiger partial charge in [-0.05, 0) is 38.5 Å². The Morgan fingerprint density at radius 1 is 1.04 bits per heavy atom. The molecular formula is C20H18O3. The predicted octanol–water partition coefficient (Wildman–Crippen LogP) is 4.38. The molecule has 0 fully saturated rings. The van der Waals surface area contributed by atoms with Crippen LogP contribution in [0.2, 0.25) is 0 Å². The van der Waals surface area contributed by atoms with E-state index in [9.17, 15) is 4.79 Å². The fourth-order valence-electron chi connectivity index (χ4n) is 3.03. The third kappa shape index (κ3) is 1.93. The minimum atomic E-state index is -1.16. The molecule has 0 saturated heterocycles. The third-order valence-electron chi connectivity index (χ3n) is 4.25. The zero-order chi connectivity index (χ0) is 16.2. The van der Waals surface area contributed by atoms with Crippen molar-refractivity contribution in [1.82, 2.24) is 0 Å². The number of hydrogen-bond donors (Lipinski definition) is 0. The average Bonchev–Trinajstić information content (AvgIpc) is 2.97. The lowest BCUT2D eigenvalue weighted by molar-refractivity contribution is -0.188. The summed E-state index contributed by atoms with van der Waals surface area (Å²) in [7, 11) is 0. The van der Waals surface area contributed by atoms with Gasteiger partial charge in [-0.1, -0.05) is 42.5 Å². The van der Waals surface area contributed by atoms with Gasteiger partial charge >= 0.3 is 11.8 Å². The fourth-order valence-corrected chi connectivity index (χ4v) is 3.03. The summed E-state index contributed by atoms with van der Waals surface area (Å²) in [5, 5.41) is 0. The second-order valence-electron chi connectivity index (χ2n) is 7.00.